The van der Waals surface area contributed by atoms with Crippen LogP contribution >= 0.6 is 24.0 Å². The van der Waals surface area contributed by atoms with Crippen molar-refractivity contribution in [2.24, 2.45) is 10.9 Å². The Morgan fingerprint density at radius 1 is 1.35 bits per heavy atom. The van der Waals surface area contributed by atoms with Crippen LogP contribution in [0.15, 0.2) is 4.99 Å². The molecule has 0 aromatic rings. The van der Waals surface area contributed by atoms with E-state index in [0.717, 1.165) is 31.0 Å². The van der Waals surface area contributed by atoms with Crippen LogP contribution in [0.5, 0.6) is 0 Å². The van der Waals surface area contributed by atoms with E-state index in [1.165, 1.54) is 45.2 Å². The third-order valence-electron chi connectivity index (χ3n) is 4.35. The molecule has 1 unspecified atom stereocenters. The van der Waals surface area contributed by atoms with Gasteiger partial charge in [0.05, 0.1) is 0 Å². The van der Waals surface area contributed by atoms with Gasteiger partial charge in [0, 0.05) is 39.8 Å². The Balaban J connectivity index is 0.00000200. The molecule has 1 N–H and O–H groups in total. The summed E-state index contributed by atoms with van der Waals surface area (Å²) in [5.41, 5.74) is 0. The van der Waals surface area contributed by atoms with E-state index in [-0.39, 0.29) is 24.0 Å². The molecule has 1 aliphatic heterocycles. The summed E-state index contributed by atoms with van der Waals surface area (Å²) < 4.78 is 0. The number of hydrogen-bond acceptors (Lipinski definition) is 2. The second-order valence-corrected chi connectivity index (χ2v) is 6.08. The highest BCUT2D eigenvalue weighted by Crippen LogP contribution is 2.31. The van der Waals surface area contributed by atoms with Crippen molar-refractivity contribution in [3.8, 4) is 0 Å². The number of aliphatic imine (C=N–C) groups is 1. The number of halogens is 1. The molecule has 1 saturated heterocycles. The average Bonchev–Trinajstić information content (AvgIpc) is 3.17. The Hall–Kier alpha value is -0.0400. The van der Waals surface area contributed by atoms with Gasteiger partial charge in [0.15, 0.2) is 5.96 Å². The minimum Gasteiger partial charge on any atom is -0.356 e. The standard InChI is InChI=1S/C15H30N4.HI/c1-4-5-9-18(3)15(16-2)17-11-13-8-10-19(12-13)14-6-7-14;/h13-14H,4-12H2,1-3H3,(H,16,17);1H. The number of rotatable bonds is 6. The molecule has 20 heavy (non-hydrogen) atoms. The summed E-state index contributed by atoms with van der Waals surface area (Å²) in [7, 11) is 4.02. The molecule has 0 aromatic carbocycles. The van der Waals surface area contributed by atoms with E-state index in [1.807, 2.05) is 7.05 Å². The zero-order valence-electron chi connectivity index (χ0n) is 13.3. The molecule has 1 saturated carbocycles. The molecule has 1 atom stereocenters. The SMILES string of the molecule is CCCCN(C)C(=NC)NCC1CCN(C2CC2)C1.I. The van der Waals surface area contributed by atoms with E-state index in [1.54, 1.807) is 0 Å². The normalized spacial score (nSPS) is 23.6. The Kier molecular flexibility index (Phi) is 8.17. The first-order chi connectivity index (χ1) is 9.24. The van der Waals surface area contributed by atoms with Gasteiger partial charge in [0.25, 0.3) is 0 Å². The van der Waals surface area contributed by atoms with Crippen LogP contribution in [0.2, 0.25) is 0 Å². The zero-order valence-corrected chi connectivity index (χ0v) is 15.6. The molecule has 0 spiro atoms. The van der Waals surface area contributed by atoms with E-state index in [0.29, 0.717) is 0 Å². The lowest BCUT2D eigenvalue weighted by Gasteiger charge is -2.23. The third kappa shape index (κ3) is 5.39. The second kappa shape index (κ2) is 9.07. The third-order valence-corrected chi connectivity index (χ3v) is 4.35. The number of unbranched alkanes of at least 4 members (excludes halogenated alkanes) is 1. The molecule has 4 nitrogen and oxygen atoms in total. The van der Waals surface area contributed by atoms with E-state index in [2.05, 4.69) is 34.1 Å². The topological polar surface area (TPSA) is 30.9 Å². The van der Waals surface area contributed by atoms with Crippen molar-refractivity contribution in [1.29, 1.82) is 0 Å². The van der Waals surface area contributed by atoms with Crippen LogP contribution in [0.1, 0.15) is 39.0 Å². The Morgan fingerprint density at radius 2 is 2.10 bits per heavy atom. The maximum Gasteiger partial charge on any atom is 0.193 e. The van der Waals surface area contributed by atoms with Gasteiger partial charge >= 0.3 is 0 Å². The molecule has 5 heteroatoms. The molecule has 0 radical (unpaired) electrons. The molecular weight excluding hydrogens is 363 g/mol. The quantitative estimate of drug-likeness (QED) is 0.427. The first kappa shape index (κ1) is 18.0. The fraction of sp³-hybridized carbons (Fsp3) is 0.933. The summed E-state index contributed by atoms with van der Waals surface area (Å²) in [5.74, 6) is 1.86. The van der Waals surface area contributed by atoms with Gasteiger partial charge < -0.3 is 15.1 Å². The maximum atomic E-state index is 4.39. The summed E-state index contributed by atoms with van der Waals surface area (Å²) >= 11 is 0. The highest BCUT2D eigenvalue weighted by molar-refractivity contribution is 14.0. The average molecular weight is 394 g/mol. The van der Waals surface area contributed by atoms with Crippen LogP contribution < -0.4 is 5.32 Å². The predicted molar refractivity (Wildman–Crippen MR) is 97.0 cm³/mol. The lowest BCUT2D eigenvalue weighted by molar-refractivity contribution is 0.313. The molecule has 0 amide bonds. The van der Waals surface area contributed by atoms with Crippen LogP contribution in [0.4, 0.5) is 0 Å². The van der Waals surface area contributed by atoms with Crippen molar-refractivity contribution < 1.29 is 0 Å². The van der Waals surface area contributed by atoms with E-state index in [9.17, 15) is 0 Å². The lowest BCUT2D eigenvalue weighted by Crippen LogP contribution is -2.41. The smallest absolute Gasteiger partial charge is 0.193 e. The Labute approximate surface area is 141 Å². The van der Waals surface area contributed by atoms with Gasteiger partial charge in [0.2, 0.25) is 0 Å². The molecule has 0 aromatic heterocycles. The van der Waals surface area contributed by atoms with Crippen molar-refractivity contribution in [2.75, 3.05) is 40.3 Å². The monoisotopic (exact) mass is 394 g/mol. The van der Waals surface area contributed by atoms with Crippen molar-refractivity contribution in [2.45, 2.75) is 45.1 Å². The van der Waals surface area contributed by atoms with E-state index < -0.39 is 0 Å². The number of nitrogens with one attached hydrogen (secondary N) is 1. The number of likely N-dealkylation sites (tertiary alicyclic amines) is 1. The summed E-state index contributed by atoms with van der Waals surface area (Å²) in [4.78, 5) is 9.31. The minimum atomic E-state index is 0. The molecule has 2 rings (SSSR count). The lowest BCUT2D eigenvalue weighted by atomic mass is 10.1. The van der Waals surface area contributed by atoms with Gasteiger partial charge in [-0.3, -0.25) is 4.99 Å². The highest BCUT2D eigenvalue weighted by atomic mass is 127. The molecule has 1 aliphatic carbocycles. The molecule has 2 aliphatic rings. The van der Waals surface area contributed by atoms with Crippen LogP contribution in [0, 0.1) is 5.92 Å². The summed E-state index contributed by atoms with van der Waals surface area (Å²) in [6.07, 6.45) is 6.68. The van der Waals surface area contributed by atoms with Gasteiger partial charge in [-0.2, -0.15) is 0 Å². The Bertz CT molecular complexity index is 304. The fourth-order valence-electron chi connectivity index (χ4n) is 2.92. The minimum absolute atomic E-state index is 0. The van der Waals surface area contributed by atoms with Crippen LogP contribution in [-0.2, 0) is 0 Å². The van der Waals surface area contributed by atoms with Crippen molar-refractivity contribution >= 4 is 29.9 Å². The van der Waals surface area contributed by atoms with Crippen LogP contribution in [0.25, 0.3) is 0 Å². The van der Waals surface area contributed by atoms with Crippen molar-refractivity contribution in [1.82, 2.24) is 15.1 Å². The van der Waals surface area contributed by atoms with Gasteiger partial charge in [-0.25, -0.2) is 0 Å². The van der Waals surface area contributed by atoms with Crippen molar-refractivity contribution in [3.63, 3.8) is 0 Å². The number of hydrogen-bond donors (Lipinski definition) is 1. The first-order valence-electron chi connectivity index (χ1n) is 7.90. The summed E-state index contributed by atoms with van der Waals surface area (Å²) in [6.45, 7) is 6.99. The Morgan fingerprint density at radius 3 is 2.70 bits per heavy atom. The molecule has 0 bridgehead atoms. The molecule has 118 valence electrons. The predicted octanol–water partition coefficient (Wildman–Crippen LogP) is 2.40. The zero-order chi connectivity index (χ0) is 13.7. The van der Waals surface area contributed by atoms with Gasteiger partial charge in [-0.05, 0) is 38.1 Å². The van der Waals surface area contributed by atoms with E-state index in [4.69, 9.17) is 0 Å². The maximum absolute atomic E-state index is 4.39. The first-order valence-corrected chi connectivity index (χ1v) is 7.90. The number of nitrogens with zero attached hydrogens (tertiary/aromatic N) is 3. The summed E-state index contributed by atoms with van der Waals surface area (Å²) in [6, 6.07) is 0.927. The highest BCUT2D eigenvalue weighted by Gasteiger charge is 2.34. The van der Waals surface area contributed by atoms with Gasteiger partial charge in [0.1, 0.15) is 0 Å². The van der Waals surface area contributed by atoms with Crippen LogP contribution in [-0.4, -0.2) is 62.1 Å². The van der Waals surface area contributed by atoms with Crippen molar-refractivity contribution in [3.05, 3.63) is 0 Å². The largest absolute Gasteiger partial charge is 0.356 e. The fourth-order valence-corrected chi connectivity index (χ4v) is 2.92. The molecular formula is C15H31IN4. The van der Waals surface area contributed by atoms with Gasteiger partial charge in [-0.1, -0.05) is 13.3 Å². The second-order valence-electron chi connectivity index (χ2n) is 6.08. The molecule has 2 fully saturated rings. The summed E-state index contributed by atoms with van der Waals surface area (Å²) in [5, 5.41) is 3.55. The van der Waals surface area contributed by atoms with Gasteiger partial charge in [-0.15, -0.1) is 24.0 Å². The van der Waals surface area contributed by atoms with Crippen LogP contribution in [0.3, 0.4) is 0 Å². The van der Waals surface area contributed by atoms with E-state index >= 15 is 0 Å². The molecule has 1 heterocycles. The number of guanidine groups is 1.